The van der Waals surface area contributed by atoms with Crippen LogP contribution in [0.15, 0.2) is 0 Å². The Morgan fingerprint density at radius 1 is 1.69 bits per heavy atom. The lowest BCUT2D eigenvalue weighted by Gasteiger charge is -2.28. The molecule has 1 aliphatic heterocycles. The van der Waals surface area contributed by atoms with E-state index in [0.29, 0.717) is 13.2 Å². The highest BCUT2D eigenvalue weighted by Gasteiger charge is 2.44. The van der Waals surface area contributed by atoms with Crippen LogP contribution in [0.1, 0.15) is 13.8 Å². The number of nitrogens with zero attached hydrogens (tertiary/aromatic N) is 1. The van der Waals surface area contributed by atoms with Crippen LogP contribution in [-0.4, -0.2) is 56.7 Å². The molecule has 1 saturated heterocycles. The second kappa shape index (κ2) is 5.12. The van der Waals surface area contributed by atoms with Gasteiger partial charge >= 0.3 is 0 Å². The maximum atomic E-state index is 12.1. The lowest BCUT2D eigenvalue weighted by Crippen LogP contribution is -2.53. The minimum absolute atomic E-state index is 0.00755. The van der Waals surface area contributed by atoms with E-state index in [1.807, 2.05) is 32.8 Å². The molecule has 0 bridgehead atoms. The largest absolute Gasteiger partial charge is 0.379 e. The van der Waals surface area contributed by atoms with Gasteiger partial charge in [-0.25, -0.2) is 0 Å². The highest BCUT2D eigenvalue weighted by Crippen LogP contribution is 2.27. The van der Waals surface area contributed by atoms with E-state index in [1.165, 1.54) is 0 Å². The highest BCUT2D eigenvalue weighted by atomic mass is 16.5. The molecule has 0 aliphatic carbocycles. The summed E-state index contributed by atoms with van der Waals surface area (Å²) in [6.45, 7) is 5.55. The summed E-state index contributed by atoms with van der Waals surface area (Å²) in [7, 11) is 3.96. The number of nitrogens with one attached hydrogen (secondary N) is 1. The molecule has 0 spiro atoms. The number of likely N-dealkylation sites (N-methyl/N-ethyl adjacent to an activating group) is 1. The van der Waals surface area contributed by atoms with Crippen LogP contribution in [0.5, 0.6) is 0 Å². The zero-order valence-corrected chi connectivity index (χ0v) is 10.6. The van der Waals surface area contributed by atoms with Crippen molar-refractivity contribution in [3.05, 3.63) is 0 Å². The van der Waals surface area contributed by atoms with Gasteiger partial charge in [0.15, 0.2) is 0 Å². The topological polar surface area (TPSA) is 67.6 Å². The van der Waals surface area contributed by atoms with Crippen molar-refractivity contribution in [3.8, 4) is 0 Å². The SMILES string of the molecule is CC(CN(C)C)NC(=O)C1(C)COCC1N. The van der Waals surface area contributed by atoms with Gasteiger partial charge in [0.25, 0.3) is 0 Å². The van der Waals surface area contributed by atoms with Crippen LogP contribution in [0.25, 0.3) is 0 Å². The molecule has 1 aliphatic rings. The number of carbonyl (C=O) groups is 1. The second-order valence-corrected chi connectivity index (χ2v) is 5.18. The molecule has 1 heterocycles. The smallest absolute Gasteiger partial charge is 0.230 e. The van der Waals surface area contributed by atoms with Crippen LogP contribution in [0, 0.1) is 5.41 Å². The van der Waals surface area contributed by atoms with Crippen molar-refractivity contribution in [1.29, 1.82) is 0 Å². The summed E-state index contributed by atoms with van der Waals surface area (Å²) in [5.74, 6) is -0.00755. The zero-order valence-electron chi connectivity index (χ0n) is 10.6. The van der Waals surface area contributed by atoms with E-state index < -0.39 is 5.41 Å². The monoisotopic (exact) mass is 229 g/mol. The average Bonchev–Trinajstić information content (AvgIpc) is 2.46. The van der Waals surface area contributed by atoms with E-state index in [0.717, 1.165) is 6.54 Å². The van der Waals surface area contributed by atoms with E-state index in [2.05, 4.69) is 5.32 Å². The summed E-state index contributed by atoms with van der Waals surface area (Å²) in [5.41, 5.74) is 5.31. The third-order valence-corrected chi connectivity index (χ3v) is 3.05. The molecule has 0 aromatic rings. The van der Waals surface area contributed by atoms with Crippen molar-refractivity contribution in [2.24, 2.45) is 11.1 Å². The molecule has 3 N–H and O–H groups in total. The van der Waals surface area contributed by atoms with Crippen LogP contribution in [0.2, 0.25) is 0 Å². The fourth-order valence-corrected chi connectivity index (χ4v) is 1.90. The zero-order chi connectivity index (χ0) is 12.3. The minimum Gasteiger partial charge on any atom is -0.379 e. The first-order valence-corrected chi connectivity index (χ1v) is 5.65. The Morgan fingerprint density at radius 2 is 2.31 bits per heavy atom. The molecular formula is C11H23N3O2. The molecule has 0 radical (unpaired) electrons. The molecule has 5 nitrogen and oxygen atoms in total. The van der Waals surface area contributed by atoms with E-state index in [-0.39, 0.29) is 18.0 Å². The van der Waals surface area contributed by atoms with Gasteiger partial charge in [-0.15, -0.1) is 0 Å². The van der Waals surface area contributed by atoms with Crippen molar-refractivity contribution >= 4 is 5.91 Å². The predicted molar refractivity (Wildman–Crippen MR) is 63.1 cm³/mol. The highest BCUT2D eigenvalue weighted by molar-refractivity contribution is 5.83. The first kappa shape index (κ1) is 13.4. The first-order valence-electron chi connectivity index (χ1n) is 5.65. The molecule has 5 heteroatoms. The Kier molecular flexibility index (Phi) is 4.29. The molecule has 1 fully saturated rings. The molecular weight excluding hydrogens is 206 g/mol. The van der Waals surface area contributed by atoms with E-state index in [1.54, 1.807) is 0 Å². The second-order valence-electron chi connectivity index (χ2n) is 5.18. The maximum absolute atomic E-state index is 12.1. The number of amides is 1. The number of ether oxygens (including phenoxy) is 1. The molecule has 16 heavy (non-hydrogen) atoms. The molecule has 0 aromatic heterocycles. The summed E-state index contributed by atoms with van der Waals surface area (Å²) in [6.07, 6.45) is 0. The molecule has 0 aromatic carbocycles. The van der Waals surface area contributed by atoms with Gasteiger partial charge in [-0.05, 0) is 27.9 Å². The van der Waals surface area contributed by atoms with Crippen molar-refractivity contribution in [3.63, 3.8) is 0 Å². The van der Waals surface area contributed by atoms with Crippen LogP contribution >= 0.6 is 0 Å². The van der Waals surface area contributed by atoms with Gasteiger partial charge in [-0.1, -0.05) is 0 Å². The number of nitrogens with two attached hydrogens (primary N) is 1. The predicted octanol–water partition coefficient (Wildman–Crippen LogP) is -0.583. The Morgan fingerprint density at radius 3 is 2.75 bits per heavy atom. The Bertz CT molecular complexity index is 258. The lowest BCUT2D eigenvalue weighted by atomic mass is 9.84. The van der Waals surface area contributed by atoms with Gasteiger partial charge in [-0.3, -0.25) is 4.79 Å². The van der Waals surface area contributed by atoms with E-state index in [4.69, 9.17) is 10.5 Å². The van der Waals surface area contributed by atoms with Gasteiger partial charge in [0.1, 0.15) is 0 Å². The van der Waals surface area contributed by atoms with Crippen LogP contribution in [0.3, 0.4) is 0 Å². The number of hydrogen-bond acceptors (Lipinski definition) is 4. The number of carbonyl (C=O) groups excluding carboxylic acids is 1. The summed E-state index contributed by atoms with van der Waals surface area (Å²) >= 11 is 0. The summed E-state index contributed by atoms with van der Waals surface area (Å²) in [4.78, 5) is 14.1. The minimum atomic E-state index is -0.583. The molecule has 94 valence electrons. The standard InChI is InChI=1S/C11H23N3O2/c1-8(5-14(3)4)13-10(15)11(2)7-16-6-9(11)12/h8-9H,5-7,12H2,1-4H3,(H,13,15). The normalized spacial score (nSPS) is 31.8. The van der Waals surface area contributed by atoms with Crippen molar-refractivity contribution in [2.75, 3.05) is 33.9 Å². The molecule has 0 saturated carbocycles. The molecule has 1 rings (SSSR count). The van der Waals surface area contributed by atoms with Crippen LogP contribution < -0.4 is 11.1 Å². The van der Waals surface area contributed by atoms with Gasteiger partial charge in [0.2, 0.25) is 5.91 Å². The fraction of sp³-hybridized carbons (Fsp3) is 0.909. The van der Waals surface area contributed by atoms with E-state index >= 15 is 0 Å². The van der Waals surface area contributed by atoms with Gasteiger partial charge in [0.05, 0.1) is 18.6 Å². The first-order chi connectivity index (χ1) is 7.36. The molecule has 3 atom stereocenters. The Balaban J connectivity index is 2.51. The summed E-state index contributed by atoms with van der Waals surface area (Å²) in [6, 6.07) is -0.0915. The van der Waals surface area contributed by atoms with Gasteiger partial charge in [0, 0.05) is 18.6 Å². The van der Waals surface area contributed by atoms with Gasteiger partial charge in [-0.2, -0.15) is 0 Å². The van der Waals surface area contributed by atoms with Crippen molar-refractivity contribution in [2.45, 2.75) is 25.9 Å². The number of rotatable bonds is 4. The molecule has 1 amide bonds. The molecule has 3 unspecified atom stereocenters. The fourth-order valence-electron chi connectivity index (χ4n) is 1.90. The van der Waals surface area contributed by atoms with Crippen molar-refractivity contribution < 1.29 is 9.53 Å². The third kappa shape index (κ3) is 2.93. The average molecular weight is 229 g/mol. The third-order valence-electron chi connectivity index (χ3n) is 3.05. The Hall–Kier alpha value is -0.650. The van der Waals surface area contributed by atoms with E-state index in [9.17, 15) is 4.79 Å². The van der Waals surface area contributed by atoms with Gasteiger partial charge < -0.3 is 20.7 Å². The summed E-state index contributed by atoms with van der Waals surface area (Å²) < 4.78 is 5.26. The maximum Gasteiger partial charge on any atom is 0.230 e. The van der Waals surface area contributed by atoms with Crippen LogP contribution in [-0.2, 0) is 9.53 Å². The van der Waals surface area contributed by atoms with Crippen molar-refractivity contribution in [1.82, 2.24) is 10.2 Å². The number of hydrogen-bond donors (Lipinski definition) is 2. The lowest BCUT2D eigenvalue weighted by molar-refractivity contribution is -0.131. The van der Waals surface area contributed by atoms with Crippen LogP contribution in [0.4, 0.5) is 0 Å². The summed E-state index contributed by atoms with van der Waals surface area (Å²) in [5, 5.41) is 2.98. The Labute approximate surface area is 97.3 Å². The quantitative estimate of drug-likeness (QED) is 0.676.